The van der Waals surface area contributed by atoms with Crippen molar-refractivity contribution < 1.29 is 46.3 Å². The molecule has 7 aromatic rings. The molecule has 3 aromatic carbocycles. The van der Waals surface area contributed by atoms with Crippen molar-refractivity contribution in [3.63, 3.8) is 0 Å². The number of anilines is 2. The number of hydrogen-bond acceptors (Lipinski definition) is 16. The van der Waals surface area contributed by atoms with E-state index < -0.39 is 39.3 Å². The summed E-state index contributed by atoms with van der Waals surface area (Å²) in [5.74, 6) is -3.43. The average Bonchev–Trinajstić information content (AvgIpc) is 3.30. The molecule has 3 N–H and O–H groups in total. The lowest BCUT2D eigenvalue weighted by Gasteiger charge is -2.07. The molecule has 0 bridgehead atoms. The topological polar surface area (TPSA) is 246 Å². The van der Waals surface area contributed by atoms with Gasteiger partial charge in [-0.2, -0.15) is 28.1 Å². The van der Waals surface area contributed by atoms with E-state index in [2.05, 4.69) is 58.3 Å². The molecule has 69 heavy (non-hydrogen) atoms. The summed E-state index contributed by atoms with van der Waals surface area (Å²) in [4.78, 5) is 58.4. The second kappa shape index (κ2) is 29.4. The zero-order valence-electron chi connectivity index (χ0n) is 33.5. The normalized spacial score (nSPS) is 9.59. The predicted molar refractivity (Wildman–Crippen MR) is 250 cm³/mol. The fourth-order valence-electron chi connectivity index (χ4n) is 3.94. The van der Waals surface area contributed by atoms with Gasteiger partial charge >= 0.3 is 0 Å². The lowest BCUT2D eigenvalue weighted by molar-refractivity contribution is -0.384. The van der Waals surface area contributed by atoms with Crippen LogP contribution in [0.4, 0.5) is 34.6 Å². The summed E-state index contributed by atoms with van der Waals surface area (Å²) in [7, 11) is 0. The number of halogens is 10. The van der Waals surface area contributed by atoms with Crippen molar-refractivity contribution in [3.05, 3.63) is 183 Å². The number of amides is 1. The number of nitro groups is 1. The molecule has 0 saturated heterocycles. The molecule has 4 aromatic heterocycles. The van der Waals surface area contributed by atoms with E-state index in [4.69, 9.17) is 89.5 Å². The highest BCUT2D eigenvalue weighted by Gasteiger charge is 2.13. The Balaban J connectivity index is 0.000000311. The van der Waals surface area contributed by atoms with Gasteiger partial charge in [-0.05, 0) is 100 Å². The highest BCUT2D eigenvalue weighted by Crippen LogP contribution is 2.28. The fraction of sp³-hybridized carbons (Fsp3) is 0.0244. The van der Waals surface area contributed by atoms with Gasteiger partial charge < -0.3 is 25.3 Å². The van der Waals surface area contributed by atoms with Crippen molar-refractivity contribution >= 4 is 97.8 Å². The number of ether oxygens (including phenoxy) is 3. The Morgan fingerprint density at radius 1 is 0.623 bits per heavy atom. The summed E-state index contributed by atoms with van der Waals surface area (Å²) in [5, 5.41) is 11.9. The number of carbonyl (C=O) groups excluding carboxylic acids is 2. The average molecular weight is 1080 g/mol. The molecule has 18 nitrogen and oxygen atoms in total. The smallest absolute Gasteiger partial charge is 0.273 e. The third-order valence-corrected chi connectivity index (χ3v) is 7.84. The molecule has 0 atom stereocenters. The van der Waals surface area contributed by atoms with Gasteiger partial charge in [-0.1, -0.05) is 50.4 Å². The molecule has 0 fully saturated rings. The minimum atomic E-state index is -0.814. The van der Waals surface area contributed by atoms with Crippen molar-refractivity contribution in [2.24, 2.45) is 0 Å². The number of nitrogens with two attached hydrogens (primary N) is 1. The van der Waals surface area contributed by atoms with Gasteiger partial charge in [0.2, 0.25) is 49.7 Å². The van der Waals surface area contributed by atoms with Gasteiger partial charge in [0.1, 0.15) is 17.2 Å². The number of nitrogens with zero attached hydrogens (tertiary/aromatic N) is 9. The van der Waals surface area contributed by atoms with Crippen LogP contribution in [0, 0.1) is 33.4 Å². The minimum Gasteiger partial charge on any atom is -0.436 e. The Bertz CT molecular complexity index is 2900. The lowest BCUT2D eigenvalue weighted by atomic mass is 10.3. The number of rotatable bonds is 10. The molecule has 1 amide bonds. The van der Waals surface area contributed by atoms with Gasteiger partial charge in [0.15, 0.2) is 11.0 Å². The Morgan fingerprint density at radius 3 is 1.41 bits per heavy atom. The van der Waals surface area contributed by atoms with Gasteiger partial charge in [0, 0.05) is 29.6 Å². The quantitative estimate of drug-likeness (QED) is 0.0189. The van der Waals surface area contributed by atoms with Crippen molar-refractivity contribution in [1.82, 2.24) is 39.9 Å². The maximum atomic E-state index is 13.4. The predicted octanol–water partition coefficient (Wildman–Crippen LogP) is 12.3. The molecule has 4 heterocycles. The summed E-state index contributed by atoms with van der Waals surface area (Å²) in [5.41, 5.74) is 6.37. The molecular weight excluding hydrogens is 1050 g/mol. The van der Waals surface area contributed by atoms with E-state index in [9.17, 15) is 37.3 Å². The van der Waals surface area contributed by atoms with Crippen LogP contribution in [0.5, 0.6) is 34.9 Å². The van der Waals surface area contributed by atoms with E-state index in [0.29, 0.717) is 22.9 Å². The van der Waals surface area contributed by atoms with Gasteiger partial charge in [0.05, 0.1) is 35.8 Å². The molecule has 0 unspecified atom stereocenters. The van der Waals surface area contributed by atoms with E-state index >= 15 is 0 Å². The molecule has 0 spiro atoms. The number of nitrogen functional groups attached to an aromatic ring is 1. The Kier molecular flexibility index (Phi) is 24.6. The third-order valence-electron chi connectivity index (χ3n) is 6.70. The van der Waals surface area contributed by atoms with Gasteiger partial charge in [0.25, 0.3) is 23.3 Å². The number of hydrogen-bond donors (Lipinski definition) is 2. The molecule has 0 aliphatic heterocycles. The first-order valence-electron chi connectivity index (χ1n) is 17.6. The van der Waals surface area contributed by atoms with E-state index in [1.807, 2.05) is 0 Å². The Hall–Kier alpha value is -7.34. The number of nitro benzene ring substituents is 1. The number of carbonyl (C=O) groups is 2. The summed E-state index contributed by atoms with van der Waals surface area (Å²) in [6, 6.07) is 18.2. The number of nitrogens with one attached hydrogen (secondary N) is 1. The van der Waals surface area contributed by atoms with Crippen molar-refractivity contribution in [2.45, 2.75) is 7.43 Å². The van der Waals surface area contributed by atoms with Crippen LogP contribution in [-0.2, 0) is 9.59 Å². The van der Waals surface area contributed by atoms with Crippen LogP contribution in [0.1, 0.15) is 7.43 Å². The van der Waals surface area contributed by atoms with E-state index in [1.165, 1.54) is 24.3 Å². The second-order valence-electron chi connectivity index (χ2n) is 11.5. The molecular formula is C41H29Cl6F4N11O7. The van der Waals surface area contributed by atoms with Crippen LogP contribution in [0.3, 0.4) is 0 Å². The first-order valence-corrected chi connectivity index (χ1v) is 19.9. The number of aromatic nitrogens is 8. The monoisotopic (exact) mass is 1070 g/mol. The Labute approximate surface area is 417 Å². The Morgan fingerprint density at radius 2 is 1.01 bits per heavy atom. The van der Waals surface area contributed by atoms with Crippen LogP contribution in [0.25, 0.3) is 0 Å². The number of benzene rings is 3. The van der Waals surface area contributed by atoms with E-state index in [-0.39, 0.29) is 62.8 Å². The second-order valence-corrected chi connectivity index (χ2v) is 13.6. The number of non-ortho nitro benzene ring substituents is 1. The van der Waals surface area contributed by atoms with Crippen molar-refractivity contribution in [2.75, 3.05) is 11.1 Å². The van der Waals surface area contributed by atoms with Crippen LogP contribution in [0.2, 0.25) is 26.3 Å². The molecule has 0 radical (unpaired) electrons. The zero-order valence-corrected chi connectivity index (χ0v) is 38.1. The van der Waals surface area contributed by atoms with E-state index in [0.717, 1.165) is 43.0 Å². The lowest BCUT2D eigenvalue weighted by Crippen LogP contribution is -2.07. The molecule has 360 valence electrons. The van der Waals surface area contributed by atoms with Crippen molar-refractivity contribution in [1.29, 1.82) is 0 Å². The van der Waals surface area contributed by atoms with Gasteiger partial charge in [-0.3, -0.25) is 19.7 Å². The molecule has 0 aliphatic carbocycles. The SMILES string of the molecule is C.C=CC(=O)Cl.C=CC(=O)Nc1cccc(Oc2nc(Cl)ncc2F)c1.Fc1cnc(Cl)nc1Cl.Nc1cccc(Oc2nc(Cl)ncc2F)c1.O=[N+]([O-])c1cccc(Oc2nc(Cl)ncc2F)c1. The van der Waals surface area contributed by atoms with Crippen molar-refractivity contribution in [3.8, 4) is 34.9 Å². The first kappa shape index (κ1) is 57.8. The van der Waals surface area contributed by atoms with Gasteiger partial charge in [-0.15, -0.1) is 0 Å². The van der Waals surface area contributed by atoms with Crippen LogP contribution in [0.15, 0.2) is 123 Å². The fourth-order valence-corrected chi connectivity index (χ4v) is 4.62. The standard InChI is InChI=1S/C13H9ClFN3O2.C10H5ClFN3O3.C10H7ClFN3O.C4HCl2FN2.C3H3ClO.CH4/c1-2-11(19)17-8-4-3-5-9(6-8)20-12-10(15)7-16-13(14)18-12;11-10-13-5-8(12)9(14-10)18-7-3-1-2-6(4-7)15(16)17;11-10-14-5-8(12)9(15-10)16-7-3-1-2-6(13)4-7;5-3-2(7)1-8-4(6)9-3;1-2-3(4)5;/h2-7H,1H2,(H,17,19);1-5H;1-5H,13H2;1H;2H,1H2;1H4. The van der Waals surface area contributed by atoms with Crippen LogP contribution in [-0.4, -0.2) is 55.9 Å². The summed E-state index contributed by atoms with van der Waals surface area (Å²) < 4.78 is 67.6. The molecule has 7 rings (SSSR count). The summed E-state index contributed by atoms with van der Waals surface area (Å²) >= 11 is 31.7. The first-order chi connectivity index (χ1) is 32.3. The van der Waals surface area contributed by atoms with E-state index in [1.54, 1.807) is 42.5 Å². The highest BCUT2D eigenvalue weighted by molar-refractivity contribution is 6.66. The maximum absolute atomic E-state index is 13.4. The largest absolute Gasteiger partial charge is 0.436 e. The molecule has 0 saturated carbocycles. The van der Waals surface area contributed by atoms with Gasteiger partial charge in [-0.25, -0.2) is 29.3 Å². The zero-order chi connectivity index (χ0) is 50.3. The third kappa shape index (κ3) is 21.4. The summed E-state index contributed by atoms with van der Waals surface area (Å²) in [6.45, 7) is 6.42. The highest BCUT2D eigenvalue weighted by atomic mass is 35.5. The minimum absolute atomic E-state index is 0. The maximum Gasteiger partial charge on any atom is 0.273 e. The van der Waals surface area contributed by atoms with Crippen LogP contribution < -0.4 is 25.3 Å². The summed E-state index contributed by atoms with van der Waals surface area (Å²) in [6.07, 6.45) is 5.80. The number of allylic oxidation sites excluding steroid dienone is 1. The molecule has 0 aliphatic rings. The molecule has 28 heteroatoms. The van der Waals surface area contributed by atoms with Crippen LogP contribution >= 0.6 is 69.6 Å².